The van der Waals surface area contributed by atoms with E-state index in [4.69, 9.17) is 0 Å². The molecule has 0 fully saturated rings. The van der Waals surface area contributed by atoms with Gasteiger partial charge in [0.25, 0.3) is 0 Å². The molecule has 1 atom stereocenters. The van der Waals surface area contributed by atoms with Crippen molar-refractivity contribution in [1.29, 1.82) is 0 Å². The van der Waals surface area contributed by atoms with Crippen LogP contribution in [-0.2, 0) is 13.0 Å². The third-order valence-electron chi connectivity index (χ3n) is 2.25. The molecule has 0 radical (unpaired) electrons. The van der Waals surface area contributed by atoms with Crippen LogP contribution in [0.25, 0.3) is 0 Å². The van der Waals surface area contributed by atoms with Gasteiger partial charge in [0.05, 0.1) is 0 Å². The highest BCUT2D eigenvalue weighted by atomic mass is 32.1. The Balaban J connectivity index is 2.42. The number of nitrogens with one attached hydrogen (secondary N) is 1. The second-order valence-electron chi connectivity index (χ2n) is 3.59. The molecular weight excluding hydrogens is 194 g/mol. The Morgan fingerprint density at radius 1 is 1.29 bits per heavy atom. The molecule has 1 unspecified atom stereocenters. The Bertz CT molecular complexity index is 260. The van der Waals surface area contributed by atoms with E-state index in [1.54, 1.807) is 11.3 Å². The molecule has 1 N–H and O–H groups in total. The summed E-state index contributed by atoms with van der Waals surface area (Å²) in [5.41, 5.74) is 0. The van der Waals surface area contributed by atoms with Gasteiger partial charge in [0.2, 0.25) is 0 Å². The van der Waals surface area contributed by atoms with Crippen molar-refractivity contribution in [2.75, 3.05) is 6.54 Å². The van der Waals surface area contributed by atoms with Crippen molar-refractivity contribution in [3.63, 3.8) is 0 Å². The summed E-state index contributed by atoms with van der Waals surface area (Å²) < 4.78 is 0. The van der Waals surface area contributed by atoms with Gasteiger partial charge >= 0.3 is 0 Å². The molecule has 1 aromatic rings. The van der Waals surface area contributed by atoms with Gasteiger partial charge in [-0.05, 0) is 12.5 Å². The first-order chi connectivity index (χ1) is 6.76. The minimum atomic E-state index is 0.718. The van der Waals surface area contributed by atoms with Gasteiger partial charge in [-0.1, -0.05) is 27.2 Å². The molecule has 0 bridgehead atoms. The van der Waals surface area contributed by atoms with Crippen molar-refractivity contribution in [3.8, 4) is 0 Å². The highest BCUT2D eigenvalue weighted by Gasteiger charge is 2.06. The van der Waals surface area contributed by atoms with Crippen LogP contribution in [0.4, 0.5) is 0 Å². The molecule has 0 spiro atoms. The first-order valence-electron chi connectivity index (χ1n) is 5.28. The third kappa shape index (κ3) is 3.72. The van der Waals surface area contributed by atoms with Crippen LogP contribution in [0.1, 0.15) is 37.2 Å². The molecule has 0 saturated carbocycles. The Morgan fingerprint density at radius 3 is 2.64 bits per heavy atom. The summed E-state index contributed by atoms with van der Waals surface area (Å²) in [5, 5.41) is 13.9. The Kier molecular flexibility index (Phi) is 5.04. The van der Waals surface area contributed by atoms with Crippen molar-refractivity contribution >= 4 is 11.3 Å². The van der Waals surface area contributed by atoms with Crippen LogP contribution in [0, 0.1) is 5.92 Å². The van der Waals surface area contributed by atoms with E-state index >= 15 is 0 Å². The fourth-order valence-electron chi connectivity index (χ4n) is 1.12. The second-order valence-corrected chi connectivity index (χ2v) is 4.73. The summed E-state index contributed by atoms with van der Waals surface area (Å²) in [5.74, 6) is 0.718. The van der Waals surface area contributed by atoms with E-state index < -0.39 is 0 Å². The average molecular weight is 213 g/mol. The number of hydrogen-bond donors (Lipinski definition) is 1. The molecule has 3 nitrogen and oxygen atoms in total. The largest absolute Gasteiger partial charge is 0.311 e. The van der Waals surface area contributed by atoms with Crippen LogP contribution in [0.3, 0.4) is 0 Å². The molecule has 0 aliphatic heterocycles. The van der Waals surface area contributed by atoms with E-state index in [-0.39, 0.29) is 0 Å². The van der Waals surface area contributed by atoms with E-state index in [0.717, 1.165) is 30.4 Å². The lowest BCUT2D eigenvalue weighted by Crippen LogP contribution is -2.11. The second kappa shape index (κ2) is 6.09. The van der Waals surface area contributed by atoms with Gasteiger partial charge < -0.3 is 5.32 Å². The van der Waals surface area contributed by atoms with Crippen LogP contribution in [0.15, 0.2) is 0 Å². The zero-order valence-electron chi connectivity index (χ0n) is 9.21. The Morgan fingerprint density at radius 2 is 2.00 bits per heavy atom. The van der Waals surface area contributed by atoms with Gasteiger partial charge in [-0.25, -0.2) is 0 Å². The first kappa shape index (κ1) is 11.6. The Labute approximate surface area is 89.9 Å². The van der Waals surface area contributed by atoms with E-state index in [0.29, 0.717) is 0 Å². The lowest BCUT2D eigenvalue weighted by molar-refractivity contribution is 0.556. The molecule has 0 aliphatic rings. The minimum absolute atomic E-state index is 0.718. The predicted molar refractivity (Wildman–Crippen MR) is 60.4 cm³/mol. The van der Waals surface area contributed by atoms with E-state index in [1.165, 1.54) is 11.4 Å². The fourth-order valence-corrected chi connectivity index (χ4v) is 2.09. The van der Waals surface area contributed by atoms with Crippen molar-refractivity contribution in [3.05, 3.63) is 10.0 Å². The van der Waals surface area contributed by atoms with Crippen LogP contribution in [0.2, 0.25) is 0 Å². The maximum atomic E-state index is 4.19. The van der Waals surface area contributed by atoms with Crippen molar-refractivity contribution in [1.82, 2.24) is 15.5 Å². The van der Waals surface area contributed by atoms with Gasteiger partial charge in [-0.3, -0.25) is 0 Å². The van der Waals surface area contributed by atoms with Crippen molar-refractivity contribution < 1.29 is 0 Å². The standard InChI is InChI=1S/C10H19N3S/c1-4-8(3)6-9-12-13-10(14-9)7-11-5-2/h8,11H,4-7H2,1-3H3. The van der Waals surface area contributed by atoms with Crippen LogP contribution < -0.4 is 5.32 Å². The number of nitrogens with zero attached hydrogens (tertiary/aromatic N) is 2. The quantitative estimate of drug-likeness (QED) is 0.787. The zero-order chi connectivity index (χ0) is 10.4. The van der Waals surface area contributed by atoms with Crippen molar-refractivity contribution in [2.45, 2.75) is 40.2 Å². The molecule has 1 rings (SSSR count). The van der Waals surface area contributed by atoms with E-state index in [1.807, 2.05) is 0 Å². The monoisotopic (exact) mass is 213 g/mol. The molecule has 0 aromatic carbocycles. The number of rotatable bonds is 6. The highest BCUT2D eigenvalue weighted by molar-refractivity contribution is 7.11. The lowest BCUT2D eigenvalue weighted by atomic mass is 10.1. The van der Waals surface area contributed by atoms with Crippen molar-refractivity contribution in [2.24, 2.45) is 5.92 Å². The maximum absolute atomic E-state index is 4.19. The summed E-state index contributed by atoms with van der Waals surface area (Å²) in [7, 11) is 0. The molecule has 1 aromatic heterocycles. The number of aromatic nitrogens is 2. The molecule has 0 saturated heterocycles. The van der Waals surface area contributed by atoms with Gasteiger partial charge in [-0.2, -0.15) is 0 Å². The molecule has 80 valence electrons. The molecular formula is C10H19N3S. The third-order valence-corrected chi connectivity index (χ3v) is 3.20. The SMILES string of the molecule is CCNCc1nnc(CC(C)CC)s1. The minimum Gasteiger partial charge on any atom is -0.311 e. The summed E-state index contributed by atoms with van der Waals surface area (Å²) in [4.78, 5) is 0. The van der Waals surface area contributed by atoms with Crippen LogP contribution in [0.5, 0.6) is 0 Å². The Hall–Kier alpha value is -0.480. The molecule has 4 heteroatoms. The highest BCUT2D eigenvalue weighted by Crippen LogP contribution is 2.15. The smallest absolute Gasteiger partial charge is 0.131 e. The van der Waals surface area contributed by atoms with Crippen LogP contribution >= 0.6 is 11.3 Å². The lowest BCUT2D eigenvalue weighted by Gasteiger charge is -2.02. The molecule has 0 aliphatic carbocycles. The predicted octanol–water partition coefficient (Wildman–Crippen LogP) is 2.24. The summed E-state index contributed by atoms with van der Waals surface area (Å²) in [6.07, 6.45) is 2.28. The summed E-state index contributed by atoms with van der Waals surface area (Å²) in [6, 6.07) is 0. The van der Waals surface area contributed by atoms with E-state index in [9.17, 15) is 0 Å². The van der Waals surface area contributed by atoms with Gasteiger partial charge in [-0.15, -0.1) is 21.5 Å². The van der Waals surface area contributed by atoms with Gasteiger partial charge in [0.15, 0.2) is 0 Å². The molecule has 0 amide bonds. The summed E-state index contributed by atoms with van der Waals surface area (Å²) in [6.45, 7) is 8.41. The first-order valence-corrected chi connectivity index (χ1v) is 6.09. The average Bonchev–Trinajstić information content (AvgIpc) is 2.62. The van der Waals surface area contributed by atoms with Crippen LogP contribution in [-0.4, -0.2) is 16.7 Å². The summed E-state index contributed by atoms with van der Waals surface area (Å²) >= 11 is 1.73. The fraction of sp³-hybridized carbons (Fsp3) is 0.800. The van der Waals surface area contributed by atoms with Gasteiger partial charge in [0.1, 0.15) is 10.0 Å². The zero-order valence-corrected chi connectivity index (χ0v) is 10.0. The molecule has 1 heterocycles. The van der Waals surface area contributed by atoms with E-state index in [2.05, 4.69) is 36.3 Å². The molecule has 14 heavy (non-hydrogen) atoms. The van der Waals surface area contributed by atoms with Gasteiger partial charge in [0, 0.05) is 13.0 Å². The topological polar surface area (TPSA) is 37.8 Å². The normalized spacial score (nSPS) is 13.1. The number of hydrogen-bond acceptors (Lipinski definition) is 4. The maximum Gasteiger partial charge on any atom is 0.131 e.